The molecule has 0 bridgehead atoms. The lowest BCUT2D eigenvalue weighted by Gasteiger charge is -2.12. The average Bonchev–Trinajstić information content (AvgIpc) is 2.83. The molecule has 8 heteroatoms. The van der Waals surface area contributed by atoms with E-state index >= 15 is 0 Å². The Morgan fingerprint density at radius 1 is 1.25 bits per heavy atom. The predicted molar refractivity (Wildman–Crippen MR) is 75.9 cm³/mol. The summed E-state index contributed by atoms with van der Waals surface area (Å²) in [5.41, 5.74) is 2.63. The Kier molecular flexibility index (Phi) is 4.17. The summed E-state index contributed by atoms with van der Waals surface area (Å²) >= 11 is 0. The van der Waals surface area contributed by atoms with Gasteiger partial charge in [0.25, 0.3) is 10.2 Å². The van der Waals surface area contributed by atoms with Gasteiger partial charge in [-0.1, -0.05) is 0 Å². The molecule has 7 nitrogen and oxygen atoms in total. The van der Waals surface area contributed by atoms with Crippen LogP contribution >= 0.6 is 0 Å². The fourth-order valence-corrected chi connectivity index (χ4v) is 2.22. The van der Waals surface area contributed by atoms with Gasteiger partial charge in [-0.25, -0.2) is 0 Å². The molecular weight excluding hydrogens is 278 g/mol. The summed E-state index contributed by atoms with van der Waals surface area (Å²) in [6.07, 6.45) is 6.98. The second-order valence-corrected chi connectivity index (χ2v) is 6.56. The maximum Gasteiger partial charge on any atom is 0.279 e. The van der Waals surface area contributed by atoms with E-state index < -0.39 is 10.2 Å². The van der Waals surface area contributed by atoms with Gasteiger partial charge >= 0.3 is 0 Å². The van der Waals surface area contributed by atoms with Gasteiger partial charge in [-0.2, -0.15) is 22.5 Å². The van der Waals surface area contributed by atoms with Crippen molar-refractivity contribution in [1.82, 2.24) is 23.8 Å². The number of rotatable bonds is 5. The zero-order valence-electron chi connectivity index (χ0n) is 11.6. The minimum atomic E-state index is -3.43. The van der Waals surface area contributed by atoms with Crippen molar-refractivity contribution in [3.63, 3.8) is 0 Å². The van der Waals surface area contributed by atoms with Crippen molar-refractivity contribution in [2.75, 3.05) is 14.1 Å². The number of pyridine rings is 1. The summed E-state index contributed by atoms with van der Waals surface area (Å²) in [5, 5.41) is 4.10. The molecule has 2 aromatic heterocycles. The molecule has 0 aromatic carbocycles. The largest absolute Gasteiger partial charge is 0.279 e. The Labute approximate surface area is 118 Å². The summed E-state index contributed by atoms with van der Waals surface area (Å²) in [5.74, 6) is 0. The van der Waals surface area contributed by atoms with Crippen LogP contribution in [0.5, 0.6) is 0 Å². The Morgan fingerprint density at radius 2 is 2.00 bits per heavy atom. The van der Waals surface area contributed by atoms with Crippen LogP contribution in [0.1, 0.15) is 5.56 Å². The first-order valence-electron chi connectivity index (χ1n) is 5.98. The molecule has 0 aliphatic rings. The molecule has 2 aromatic rings. The summed E-state index contributed by atoms with van der Waals surface area (Å²) in [4.78, 5) is 4.13. The molecule has 1 N–H and O–H groups in total. The SMILES string of the molecule is CN(C)S(=O)(=O)NCc1cncc(-c2cnn(C)c2)c1. The molecule has 0 atom stereocenters. The molecule has 0 fully saturated rings. The van der Waals surface area contributed by atoms with Gasteiger partial charge in [0.2, 0.25) is 0 Å². The molecule has 2 heterocycles. The van der Waals surface area contributed by atoms with Crippen molar-refractivity contribution < 1.29 is 8.42 Å². The van der Waals surface area contributed by atoms with Crippen molar-refractivity contribution in [2.24, 2.45) is 7.05 Å². The molecule has 20 heavy (non-hydrogen) atoms. The van der Waals surface area contributed by atoms with Crippen LogP contribution in [0.2, 0.25) is 0 Å². The summed E-state index contributed by atoms with van der Waals surface area (Å²) in [7, 11) is 1.37. The fourth-order valence-electron chi connectivity index (χ4n) is 1.62. The highest BCUT2D eigenvalue weighted by Gasteiger charge is 2.12. The van der Waals surface area contributed by atoms with E-state index in [0.717, 1.165) is 21.0 Å². The van der Waals surface area contributed by atoms with Crippen molar-refractivity contribution in [3.05, 3.63) is 36.4 Å². The standard InChI is InChI=1S/C12H17N5O2S/c1-16(2)20(18,19)15-6-10-4-11(7-13-5-10)12-8-14-17(3)9-12/h4-5,7-9,15H,6H2,1-3H3. The second-order valence-electron chi connectivity index (χ2n) is 4.59. The lowest BCUT2D eigenvalue weighted by Crippen LogP contribution is -2.35. The third-order valence-corrected chi connectivity index (χ3v) is 4.24. The van der Waals surface area contributed by atoms with E-state index in [1.807, 2.05) is 19.3 Å². The van der Waals surface area contributed by atoms with Gasteiger partial charge in [-0.05, 0) is 11.6 Å². The first kappa shape index (κ1) is 14.6. The number of aromatic nitrogens is 3. The molecule has 0 aliphatic heterocycles. The summed E-state index contributed by atoms with van der Waals surface area (Å²) in [6.45, 7) is 0.196. The van der Waals surface area contributed by atoms with Gasteiger partial charge in [0.05, 0.1) is 6.20 Å². The van der Waals surface area contributed by atoms with Gasteiger partial charge in [0.15, 0.2) is 0 Å². The third kappa shape index (κ3) is 3.41. The number of nitrogens with one attached hydrogen (secondary N) is 1. The number of hydrogen-bond acceptors (Lipinski definition) is 4. The number of hydrogen-bond donors (Lipinski definition) is 1. The van der Waals surface area contributed by atoms with Gasteiger partial charge < -0.3 is 0 Å². The van der Waals surface area contributed by atoms with E-state index in [9.17, 15) is 8.42 Å². The molecule has 0 amide bonds. The molecule has 0 aliphatic carbocycles. The highest BCUT2D eigenvalue weighted by Crippen LogP contribution is 2.18. The number of nitrogens with zero attached hydrogens (tertiary/aromatic N) is 4. The molecule has 0 spiro atoms. The highest BCUT2D eigenvalue weighted by molar-refractivity contribution is 7.87. The first-order chi connectivity index (χ1) is 9.38. The van der Waals surface area contributed by atoms with Crippen LogP contribution in [0.4, 0.5) is 0 Å². The highest BCUT2D eigenvalue weighted by atomic mass is 32.2. The van der Waals surface area contributed by atoms with Crippen LogP contribution in [0.15, 0.2) is 30.9 Å². The topological polar surface area (TPSA) is 80.1 Å². The van der Waals surface area contributed by atoms with Crippen molar-refractivity contribution in [1.29, 1.82) is 0 Å². The van der Waals surface area contributed by atoms with E-state index in [2.05, 4.69) is 14.8 Å². The maximum atomic E-state index is 11.6. The Morgan fingerprint density at radius 3 is 2.60 bits per heavy atom. The van der Waals surface area contributed by atoms with Crippen LogP contribution in [0.3, 0.4) is 0 Å². The zero-order chi connectivity index (χ0) is 14.8. The Hall–Kier alpha value is -1.77. The van der Waals surface area contributed by atoms with Crippen LogP contribution in [-0.2, 0) is 23.8 Å². The summed E-state index contributed by atoms with van der Waals surface area (Å²) in [6, 6.07) is 1.89. The van der Waals surface area contributed by atoms with E-state index in [0.29, 0.717) is 0 Å². The fraction of sp³-hybridized carbons (Fsp3) is 0.333. The Bertz CT molecular complexity index is 693. The quantitative estimate of drug-likeness (QED) is 0.864. The van der Waals surface area contributed by atoms with Crippen molar-refractivity contribution >= 4 is 10.2 Å². The molecule has 108 valence electrons. The number of aryl methyl sites for hydroxylation is 1. The molecule has 2 rings (SSSR count). The van der Waals surface area contributed by atoms with E-state index in [1.165, 1.54) is 14.1 Å². The summed E-state index contributed by atoms with van der Waals surface area (Å²) < 4.78 is 28.6. The lowest BCUT2D eigenvalue weighted by molar-refractivity contribution is 0.505. The predicted octanol–water partition coefficient (Wildman–Crippen LogP) is 0.378. The molecular formula is C12H17N5O2S. The normalized spacial score (nSPS) is 12.0. The average molecular weight is 295 g/mol. The van der Waals surface area contributed by atoms with Crippen molar-refractivity contribution in [3.8, 4) is 11.1 Å². The van der Waals surface area contributed by atoms with Gasteiger partial charge in [-0.3, -0.25) is 9.67 Å². The monoisotopic (exact) mass is 295 g/mol. The lowest BCUT2D eigenvalue weighted by atomic mass is 10.1. The van der Waals surface area contributed by atoms with E-state index in [1.54, 1.807) is 23.3 Å². The second kappa shape index (κ2) is 5.70. The van der Waals surface area contributed by atoms with E-state index in [4.69, 9.17) is 0 Å². The van der Waals surface area contributed by atoms with Gasteiger partial charge in [0.1, 0.15) is 0 Å². The molecule has 0 saturated heterocycles. The smallest absolute Gasteiger partial charge is 0.275 e. The third-order valence-electron chi connectivity index (χ3n) is 2.77. The van der Waals surface area contributed by atoms with Crippen LogP contribution < -0.4 is 4.72 Å². The van der Waals surface area contributed by atoms with Gasteiger partial charge in [-0.15, -0.1) is 0 Å². The van der Waals surface area contributed by atoms with Crippen LogP contribution in [-0.4, -0.2) is 41.6 Å². The minimum absolute atomic E-state index is 0.196. The molecule has 0 unspecified atom stereocenters. The first-order valence-corrected chi connectivity index (χ1v) is 7.42. The van der Waals surface area contributed by atoms with Crippen LogP contribution in [0.25, 0.3) is 11.1 Å². The van der Waals surface area contributed by atoms with E-state index in [-0.39, 0.29) is 6.54 Å². The molecule has 0 radical (unpaired) electrons. The van der Waals surface area contributed by atoms with Gasteiger partial charge in [0, 0.05) is 57.4 Å². The van der Waals surface area contributed by atoms with Crippen molar-refractivity contribution in [2.45, 2.75) is 6.54 Å². The maximum absolute atomic E-state index is 11.6. The minimum Gasteiger partial charge on any atom is -0.275 e. The Balaban J connectivity index is 2.15. The molecule has 0 saturated carbocycles. The van der Waals surface area contributed by atoms with Crippen LogP contribution in [0, 0.1) is 0 Å². The zero-order valence-corrected chi connectivity index (χ0v) is 12.4.